The third-order valence-corrected chi connectivity index (χ3v) is 2.82. The average molecular weight is 260 g/mol. The highest BCUT2D eigenvalue weighted by molar-refractivity contribution is 5.85. The van der Waals surface area contributed by atoms with Crippen LogP contribution < -0.4 is 0 Å². The molecule has 1 aromatic heterocycles. The van der Waals surface area contributed by atoms with Gasteiger partial charge in [0.2, 0.25) is 5.76 Å². The van der Waals surface area contributed by atoms with E-state index in [1.807, 2.05) is 38.4 Å². The Morgan fingerprint density at radius 2 is 2.00 bits per heavy atom. The van der Waals surface area contributed by atoms with E-state index >= 15 is 0 Å². The molecule has 0 saturated heterocycles. The van der Waals surface area contributed by atoms with Gasteiger partial charge in [0, 0.05) is 18.2 Å². The number of hydrogen-bond acceptors (Lipinski definition) is 4. The second kappa shape index (κ2) is 5.67. The van der Waals surface area contributed by atoms with Gasteiger partial charge >= 0.3 is 5.97 Å². The first-order chi connectivity index (χ1) is 9.06. The molecule has 1 N–H and O–H groups in total. The van der Waals surface area contributed by atoms with Crippen LogP contribution >= 0.6 is 0 Å². The highest BCUT2D eigenvalue weighted by Crippen LogP contribution is 2.19. The monoisotopic (exact) mass is 260 g/mol. The van der Waals surface area contributed by atoms with Gasteiger partial charge in [-0.05, 0) is 26.1 Å². The highest BCUT2D eigenvalue weighted by atomic mass is 16.5. The van der Waals surface area contributed by atoms with Crippen LogP contribution in [0.5, 0.6) is 0 Å². The number of rotatable bonds is 5. The lowest BCUT2D eigenvalue weighted by atomic mass is 10.1. The van der Waals surface area contributed by atoms with Crippen LogP contribution in [0.1, 0.15) is 16.1 Å². The van der Waals surface area contributed by atoms with E-state index in [-0.39, 0.29) is 5.76 Å². The zero-order chi connectivity index (χ0) is 13.8. The molecule has 0 amide bonds. The maximum atomic E-state index is 10.7. The second-order valence-electron chi connectivity index (χ2n) is 4.63. The lowest BCUT2D eigenvalue weighted by molar-refractivity contribution is 0.0652. The molecule has 0 bridgehead atoms. The van der Waals surface area contributed by atoms with Crippen LogP contribution in [-0.4, -0.2) is 41.8 Å². The standard InChI is InChI=1S/C14H16N2O3/c1-16(2)8-7-10-3-5-11(6-4-10)12-9-13(14(17)18)19-15-12/h3-6,9H,7-8H2,1-2H3,(H,17,18). The molecular formula is C14H16N2O3. The van der Waals surface area contributed by atoms with E-state index < -0.39 is 5.97 Å². The third kappa shape index (κ3) is 3.42. The maximum absolute atomic E-state index is 10.7. The van der Waals surface area contributed by atoms with Crippen LogP contribution in [0.25, 0.3) is 11.3 Å². The number of aromatic nitrogens is 1. The van der Waals surface area contributed by atoms with E-state index in [0.29, 0.717) is 5.69 Å². The molecule has 0 fully saturated rings. The van der Waals surface area contributed by atoms with Crippen LogP contribution in [0, 0.1) is 0 Å². The lowest BCUT2D eigenvalue weighted by Crippen LogP contribution is -2.14. The zero-order valence-electron chi connectivity index (χ0n) is 11.0. The summed E-state index contributed by atoms with van der Waals surface area (Å²) in [5.74, 6) is -1.26. The summed E-state index contributed by atoms with van der Waals surface area (Å²) in [5, 5.41) is 12.5. The molecule has 5 nitrogen and oxygen atoms in total. The summed E-state index contributed by atoms with van der Waals surface area (Å²) < 4.78 is 4.73. The molecule has 1 aromatic carbocycles. The molecule has 5 heteroatoms. The fourth-order valence-electron chi connectivity index (χ4n) is 1.71. The van der Waals surface area contributed by atoms with Gasteiger partial charge in [-0.2, -0.15) is 0 Å². The molecule has 0 aliphatic rings. The number of carboxylic acids is 1. The van der Waals surface area contributed by atoms with E-state index in [2.05, 4.69) is 10.1 Å². The van der Waals surface area contributed by atoms with Gasteiger partial charge in [-0.25, -0.2) is 4.79 Å². The van der Waals surface area contributed by atoms with Crippen LogP contribution in [0.15, 0.2) is 34.9 Å². The van der Waals surface area contributed by atoms with Gasteiger partial charge in [-0.1, -0.05) is 29.4 Å². The van der Waals surface area contributed by atoms with Crippen LogP contribution in [0.2, 0.25) is 0 Å². The molecule has 2 rings (SSSR count). The summed E-state index contributed by atoms with van der Waals surface area (Å²) in [6, 6.07) is 9.32. The number of hydrogen-bond donors (Lipinski definition) is 1. The Hall–Kier alpha value is -2.14. The van der Waals surface area contributed by atoms with Gasteiger partial charge < -0.3 is 14.5 Å². The Balaban J connectivity index is 2.10. The Morgan fingerprint density at radius 1 is 1.32 bits per heavy atom. The number of aromatic carboxylic acids is 1. The average Bonchev–Trinajstić information content (AvgIpc) is 2.86. The minimum atomic E-state index is -1.11. The molecule has 1 heterocycles. The number of likely N-dealkylation sites (N-methyl/N-ethyl adjacent to an activating group) is 1. The second-order valence-corrected chi connectivity index (χ2v) is 4.63. The highest BCUT2D eigenvalue weighted by Gasteiger charge is 2.12. The molecule has 100 valence electrons. The number of nitrogens with zero attached hydrogens (tertiary/aromatic N) is 2. The molecule has 0 saturated carbocycles. The minimum Gasteiger partial charge on any atom is -0.475 e. The quantitative estimate of drug-likeness (QED) is 0.892. The lowest BCUT2D eigenvalue weighted by Gasteiger charge is -2.09. The predicted molar refractivity (Wildman–Crippen MR) is 71.2 cm³/mol. The molecule has 0 atom stereocenters. The van der Waals surface area contributed by atoms with Crippen molar-refractivity contribution in [2.45, 2.75) is 6.42 Å². The van der Waals surface area contributed by atoms with Crippen molar-refractivity contribution in [3.63, 3.8) is 0 Å². The van der Waals surface area contributed by atoms with Crippen molar-refractivity contribution in [3.8, 4) is 11.3 Å². The summed E-state index contributed by atoms with van der Waals surface area (Å²) in [4.78, 5) is 12.8. The Kier molecular flexibility index (Phi) is 3.97. The molecule has 0 radical (unpaired) electrons. The predicted octanol–water partition coefficient (Wildman–Crippen LogP) is 2.14. The van der Waals surface area contributed by atoms with E-state index in [9.17, 15) is 4.79 Å². The summed E-state index contributed by atoms with van der Waals surface area (Å²) >= 11 is 0. The molecular weight excluding hydrogens is 244 g/mol. The fourth-order valence-corrected chi connectivity index (χ4v) is 1.71. The number of benzene rings is 1. The Morgan fingerprint density at radius 3 is 2.53 bits per heavy atom. The van der Waals surface area contributed by atoms with E-state index in [1.165, 1.54) is 11.6 Å². The molecule has 0 spiro atoms. The van der Waals surface area contributed by atoms with Crippen LogP contribution in [0.3, 0.4) is 0 Å². The van der Waals surface area contributed by atoms with Gasteiger partial charge in [0.05, 0.1) is 0 Å². The molecule has 0 aliphatic heterocycles. The minimum absolute atomic E-state index is 0.147. The number of carboxylic acid groups (broad SMARTS) is 1. The molecule has 0 unspecified atom stereocenters. The normalized spacial score (nSPS) is 10.9. The molecule has 2 aromatic rings. The summed E-state index contributed by atoms with van der Waals surface area (Å²) in [7, 11) is 4.08. The van der Waals surface area contributed by atoms with Crippen molar-refractivity contribution in [1.82, 2.24) is 10.1 Å². The Labute approximate surface area is 111 Å². The molecule has 0 aliphatic carbocycles. The van der Waals surface area contributed by atoms with Gasteiger partial charge in [0.15, 0.2) is 0 Å². The van der Waals surface area contributed by atoms with Gasteiger partial charge in [-0.3, -0.25) is 0 Å². The van der Waals surface area contributed by atoms with E-state index in [0.717, 1.165) is 18.5 Å². The van der Waals surface area contributed by atoms with Crippen molar-refractivity contribution < 1.29 is 14.4 Å². The van der Waals surface area contributed by atoms with Gasteiger partial charge in [-0.15, -0.1) is 0 Å². The first kappa shape index (κ1) is 13.3. The van der Waals surface area contributed by atoms with Crippen molar-refractivity contribution in [2.75, 3.05) is 20.6 Å². The topological polar surface area (TPSA) is 66.6 Å². The number of carbonyl (C=O) groups is 1. The largest absolute Gasteiger partial charge is 0.475 e. The Bertz CT molecular complexity index is 558. The zero-order valence-corrected chi connectivity index (χ0v) is 11.0. The van der Waals surface area contributed by atoms with Gasteiger partial charge in [0.1, 0.15) is 5.69 Å². The summed E-state index contributed by atoms with van der Waals surface area (Å²) in [6.45, 7) is 0.993. The smallest absolute Gasteiger partial charge is 0.374 e. The van der Waals surface area contributed by atoms with Crippen LogP contribution in [0.4, 0.5) is 0 Å². The van der Waals surface area contributed by atoms with Crippen molar-refractivity contribution >= 4 is 5.97 Å². The summed E-state index contributed by atoms with van der Waals surface area (Å²) in [5.41, 5.74) is 2.63. The first-order valence-corrected chi connectivity index (χ1v) is 6.00. The SMILES string of the molecule is CN(C)CCc1ccc(-c2cc(C(=O)O)on2)cc1. The van der Waals surface area contributed by atoms with Gasteiger partial charge in [0.25, 0.3) is 0 Å². The fraction of sp³-hybridized carbons (Fsp3) is 0.286. The van der Waals surface area contributed by atoms with E-state index in [1.54, 1.807) is 0 Å². The van der Waals surface area contributed by atoms with Crippen LogP contribution in [-0.2, 0) is 6.42 Å². The maximum Gasteiger partial charge on any atom is 0.374 e. The molecule has 19 heavy (non-hydrogen) atoms. The van der Waals surface area contributed by atoms with Crippen molar-refractivity contribution in [3.05, 3.63) is 41.7 Å². The van der Waals surface area contributed by atoms with E-state index in [4.69, 9.17) is 9.63 Å². The summed E-state index contributed by atoms with van der Waals surface area (Å²) in [6.07, 6.45) is 0.979. The third-order valence-electron chi connectivity index (χ3n) is 2.82. The first-order valence-electron chi connectivity index (χ1n) is 6.00. The van der Waals surface area contributed by atoms with Crippen molar-refractivity contribution in [1.29, 1.82) is 0 Å². The van der Waals surface area contributed by atoms with Crippen molar-refractivity contribution in [2.24, 2.45) is 0 Å².